The van der Waals surface area contributed by atoms with Gasteiger partial charge in [0, 0.05) is 13.2 Å². The molecule has 0 radical (unpaired) electrons. The summed E-state index contributed by atoms with van der Waals surface area (Å²) < 4.78 is 10.5. The Morgan fingerprint density at radius 2 is 2.20 bits per heavy atom. The van der Waals surface area contributed by atoms with Crippen LogP contribution >= 0.6 is 0 Å². The summed E-state index contributed by atoms with van der Waals surface area (Å²) in [6.45, 7) is 6.69. The number of ether oxygens (including phenoxy) is 2. The highest BCUT2D eigenvalue weighted by Gasteiger charge is 2.30. The highest BCUT2D eigenvalue weighted by molar-refractivity contribution is 5.75. The third-order valence-corrected chi connectivity index (χ3v) is 3.57. The van der Waals surface area contributed by atoms with Crippen LogP contribution in [0.15, 0.2) is 0 Å². The van der Waals surface area contributed by atoms with Gasteiger partial charge in [-0.15, -0.1) is 0 Å². The lowest BCUT2D eigenvalue weighted by atomic mass is 10.0. The number of hydrogen-bond donors (Lipinski definition) is 1. The molecule has 1 aliphatic rings. The van der Waals surface area contributed by atoms with E-state index in [0.29, 0.717) is 26.4 Å². The predicted octanol–water partition coefficient (Wildman–Crippen LogP) is 1.58. The van der Waals surface area contributed by atoms with Crippen molar-refractivity contribution in [3.05, 3.63) is 0 Å². The Kier molecular flexibility index (Phi) is 8.82. The van der Waals surface area contributed by atoms with Crippen molar-refractivity contribution in [1.29, 1.82) is 0 Å². The van der Waals surface area contributed by atoms with E-state index in [9.17, 15) is 9.90 Å². The summed E-state index contributed by atoms with van der Waals surface area (Å²) in [7, 11) is 0. The van der Waals surface area contributed by atoms with Crippen LogP contribution in [0.2, 0.25) is 0 Å². The number of carbonyl (C=O) groups is 1. The molecule has 0 aromatic carbocycles. The fourth-order valence-corrected chi connectivity index (χ4v) is 2.50. The molecule has 5 heteroatoms. The molecule has 118 valence electrons. The summed E-state index contributed by atoms with van der Waals surface area (Å²) in [5.74, 6) is -0.161. The summed E-state index contributed by atoms with van der Waals surface area (Å²) in [4.78, 5) is 13.9. The van der Waals surface area contributed by atoms with Crippen molar-refractivity contribution in [1.82, 2.24) is 4.90 Å². The lowest BCUT2D eigenvalue weighted by Gasteiger charge is -2.35. The maximum atomic E-state index is 11.9. The number of likely N-dealkylation sites (tertiary alicyclic amines) is 1. The molecule has 5 nitrogen and oxygen atoms in total. The minimum Gasteiger partial charge on any atom is -0.465 e. The molecule has 1 aliphatic heterocycles. The summed E-state index contributed by atoms with van der Waals surface area (Å²) in [5, 5.41) is 10.0. The van der Waals surface area contributed by atoms with Crippen molar-refractivity contribution in [2.24, 2.45) is 0 Å². The molecule has 0 aromatic heterocycles. The number of nitrogens with zero attached hydrogens (tertiary/aromatic N) is 1. The average Bonchev–Trinajstić information content (AvgIpc) is 2.44. The topological polar surface area (TPSA) is 59.0 Å². The number of hydrogen-bond acceptors (Lipinski definition) is 5. The Labute approximate surface area is 122 Å². The van der Waals surface area contributed by atoms with Crippen LogP contribution in [0.1, 0.15) is 46.0 Å². The zero-order valence-electron chi connectivity index (χ0n) is 12.8. The molecule has 1 N–H and O–H groups in total. The molecule has 2 atom stereocenters. The summed E-state index contributed by atoms with van der Waals surface area (Å²) in [6.07, 6.45) is 4.50. The van der Waals surface area contributed by atoms with Gasteiger partial charge in [-0.05, 0) is 32.7 Å². The number of unbranched alkanes of at least 4 members (excludes halogenated alkanes) is 1. The molecular formula is C15H29NO4. The first-order chi connectivity index (χ1) is 9.69. The fraction of sp³-hybridized carbons (Fsp3) is 0.933. The number of aliphatic hydroxyl groups is 1. The van der Waals surface area contributed by atoms with E-state index in [1.807, 2.05) is 11.8 Å². The van der Waals surface area contributed by atoms with Crippen molar-refractivity contribution in [2.75, 3.05) is 32.9 Å². The van der Waals surface area contributed by atoms with Crippen LogP contribution in [0.4, 0.5) is 0 Å². The predicted molar refractivity (Wildman–Crippen MR) is 77.6 cm³/mol. The minimum atomic E-state index is -0.540. The molecule has 2 unspecified atom stereocenters. The second-order valence-corrected chi connectivity index (χ2v) is 5.34. The van der Waals surface area contributed by atoms with Crippen molar-refractivity contribution in [2.45, 2.75) is 58.1 Å². The molecule has 20 heavy (non-hydrogen) atoms. The quantitative estimate of drug-likeness (QED) is 0.515. The normalized spacial score (nSPS) is 21.6. The Morgan fingerprint density at radius 3 is 2.90 bits per heavy atom. The minimum absolute atomic E-state index is 0.161. The highest BCUT2D eigenvalue weighted by Crippen LogP contribution is 2.18. The number of esters is 1. The van der Waals surface area contributed by atoms with Crippen LogP contribution in [0, 0.1) is 0 Å². The lowest BCUT2D eigenvalue weighted by molar-refractivity contribution is -0.151. The van der Waals surface area contributed by atoms with E-state index in [1.54, 1.807) is 0 Å². The smallest absolute Gasteiger partial charge is 0.323 e. The maximum Gasteiger partial charge on any atom is 0.323 e. The fourth-order valence-electron chi connectivity index (χ4n) is 2.50. The van der Waals surface area contributed by atoms with Gasteiger partial charge in [-0.2, -0.15) is 0 Å². The zero-order chi connectivity index (χ0) is 14.8. The number of β-amino-alcohol motifs (C(OH)–C–C–N with tert-alkyl or cyclic N) is 1. The van der Waals surface area contributed by atoms with Gasteiger partial charge in [0.05, 0.1) is 19.3 Å². The summed E-state index contributed by atoms with van der Waals surface area (Å²) in [5.41, 5.74) is 0. The van der Waals surface area contributed by atoms with Gasteiger partial charge in [-0.3, -0.25) is 9.69 Å². The third-order valence-electron chi connectivity index (χ3n) is 3.57. The van der Waals surface area contributed by atoms with Crippen LogP contribution in [-0.2, 0) is 14.3 Å². The second kappa shape index (κ2) is 10.1. The van der Waals surface area contributed by atoms with Gasteiger partial charge in [0.1, 0.15) is 6.04 Å². The van der Waals surface area contributed by atoms with Crippen LogP contribution in [0.25, 0.3) is 0 Å². The van der Waals surface area contributed by atoms with E-state index in [1.165, 1.54) is 0 Å². The monoisotopic (exact) mass is 287 g/mol. The molecular weight excluding hydrogens is 258 g/mol. The number of piperidine rings is 1. The van der Waals surface area contributed by atoms with Crippen LogP contribution in [0.3, 0.4) is 0 Å². The zero-order valence-corrected chi connectivity index (χ0v) is 12.8. The van der Waals surface area contributed by atoms with E-state index >= 15 is 0 Å². The summed E-state index contributed by atoms with van der Waals surface area (Å²) in [6, 6.07) is -0.200. The number of aliphatic hydroxyl groups excluding tert-OH is 1. The Hall–Kier alpha value is -0.650. The van der Waals surface area contributed by atoms with Crippen molar-refractivity contribution in [3.63, 3.8) is 0 Å². The van der Waals surface area contributed by atoms with Crippen molar-refractivity contribution >= 4 is 5.97 Å². The largest absolute Gasteiger partial charge is 0.465 e. The van der Waals surface area contributed by atoms with Gasteiger partial charge in [-0.25, -0.2) is 0 Å². The Bertz CT molecular complexity index is 273. The Morgan fingerprint density at radius 1 is 1.40 bits per heavy atom. The van der Waals surface area contributed by atoms with Gasteiger partial charge < -0.3 is 14.6 Å². The van der Waals surface area contributed by atoms with Crippen LogP contribution in [-0.4, -0.2) is 61.0 Å². The molecule has 0 amide bonds. The highest BCUT2D eigenvalue weighted by atomic mass is 16.5. The SMILES string of the molecule is CCCCOCC(O)CN1CCCCC1C(=O)OCC. The van der Waals surface area contributed by atoms with E-state index in [4.69, 9.17) is 9.47 Å². The average molecular weight is 287 g/mol. The first-order valence-electron chi connectivity index (χ1n) is 7.85. The van der Waals surface area contributed by atoms with Gasteiger partial charge in [0.15, 0.2) is 0 Å². The van der Waals surface area contributed by atoms with Crippen LogP contribution < -0.4 is 0 Å². The van der Waals surface area contributed by atoms with E-state index in [0.717, 1.165) is 38.6 Å². The molecule has 0 saturated carbocycles. The third kappa shape index (κ3) is 6.20. The molecule has 1 heterocycles. The number of rotatable bonds is 9. The Balaban J connectivity index is 2.35. The van der Waals surface area contributed by atoms with Gasteiger partial charge >= 0.3 is 5.97 Å². The summed E-state index contributed by atoms with van der Waals surface area (Å²) >= 11 is 0. The molecule has 0 bridgehead atoms. The lowest BCUT2D eigenvalue weighted by Crippen LogP contribution is -2.49. The maximum absolute atomic E-state index is 11.9. The molecule has 0 spiro atoms. The van der Waals surface area contributed by atoms with E-state index < -0.39 is 6.10 Å². The first kappa shape index (κ1) is 17.4. The van der Waals surface area contributed by atoms with Crippen molar-refractivity contribution in [3.8, 4) is 0 Å². The second-order valence-electron chi connectivity index (χ2n) is 5.34. The first-order valence-corrected chi connectivity index (χ1v) is 7.85. The molecule has 1 rings (SSSR count). The van der Waals surface area contributed by atoms with Crippen LogP contribution in [0.5, 0.6) is 0 Å². The van der Waals surface area contributed by atoms with Crippen molar-refractivity contribution < 1.29 is 19.4 Å². The molecule has 0 aliphatic carbocycles. The van der Waals surface area contributed by atoms with Gasteiger partial charge in [0.2, 0.25) is 0 Å². The van der Waals surface area contributed by atoms with E-state index in [-0.39, 0.29) is 12.0 Å². The van der Waals surface area contributed by atoms with E-state index in [2.05, 4.69) is 6.92 Å². The number of carbonyl (C=O) groups excluding carboxylic acids is 1. The molecule has 1 fully saturated rings. The molecule has 1 saturated heterocycles. The van der Waals surface area contributed by atoms with Gasteiger partial charge in [-0.1, -0.05) is 19.8 Å². The standard InChI is InChI=1S/C15H29NO4/c1-3-5-10-19-12-13(17)11-16-9-7-6-8-14(16)15(18)20-4-2/h13-14,17H,3-12H2,1-2H3. The van der Waals surface area contributed by atoms with Gasteiger partial charge in [0.25, 0.3) is 0 Å². The molecule has 0 aromatic rings.